The van der Waals surface area contributed by atoms with Gasteiger partial charge in [0.15, 0.2) is 0 Å². The summed E-state index contributed by atoms with van der Waals surface area (Å²) in [4.78, 5) is 0. The second-order valence-electron chi connectivity index (χ2n) is 4.83. The Bertz CT molecular complexity index is 628. The molecular weight excluding hydrogens is 330 g/mol. The summed E-state index contributed by atoms with van der Waals surface area (Å²) in [5.41, 5.74) is 3.53. The number of ether oxygens (including phenoxy) is 2. The highest BCUT2D eigenvalue weighted by Gasteiger charge is 2.19. The van der Waals surface area contributed by atoms with Gasteiger partial charge in [0.25, 0.3) is 0 Å². The summed E-state index contributed by atoms with van der Waals surface area (Å²) in [7, 11) is 5.29. The summed E-state index contributed by atoms with van der Waals surface area (Å²) in [5, 5.41) is 3.37. The predicted octanol–water partition coefficient (Wildman–Crippen LogP) is 4.08. The van der Waals surface area contributed by atoms with Crippen molar-refractivity contribution in [3.8, 4) is 11.5 Å². The Kier molecular flexibility index (Phi) is 5.26. The Morgan fingerprint density at radius 1 is 1.00 bits per heavy atom. The van der Waals surface area contributed by atoms with E-state index in [1.165, 1.54) is 11.1 Å². The maximum Gasteiger partial charge on any atom is 0.127 e. The first-order valence-corrected chi connectivity index (χ1v) is 7.55. The molecule has 0 heterocycles. The van der Waals surface area contributed by atoms with E-state index in [2.05, 4.69) is 46.4 Å². The van der Waals surface area contributed by atoms with Crippen molar-refractivity contribution in [2.45, 2.75) is 13.0 Å². The van der Waals surface area contributed by atoms with E-state index in [1.807, 2.05) is 25.2 Å². The van der Waals surface area contributed by atoms with Gasteiger partial charge in [0.2, 0.25) is 0 Å². The minimum Gasteiger partial charge on any atom is -0.497 e. The van der Waals surface area contributed by atoms with Gasteiger partial charge in [-0.15, -0.1) is 0 Å². The molecule has 0 aliphatic carbocycles. The zero-order valence-electron chi connectivity index (χ0n) is 12.7. The van der Waals surface area contributed by atoms with Crippen molar-refractivity contribution in [3.05, 3.63) is 57.6 Å². The Balaban J connectivity index is 2.53. The third kappa shape index (κ3) is 3.39. The lowest BCUT2D eigenvalue weighted by Crippen LogP contribution is -2.19. The van der Waals surface area contributed by atoms with E-state index >= 15 is 0 Å². The van der Waals surface area contributed by atoms with Gasteiger partial charge in [-0.1, -0.05) is 22.0 Å². The molecular formula is C17H20BrNO2. The average Bonchev–Trinajstić information content (AvgIpc) is 2.51. The van der Waals surface area contributed by atoms with Crippen LogP contribution in [-0.2, 0) is 0 Å². The van der Waals surface area contributed by atoms with Gasteiger partial charge in [-0.05, 0) is 49.4 Å². The van der Waals surface area contributed by atoms with E-state index in [0.717, 1.165) is 21.5 Å². The molecule has 0 amide bonds. The number of halogens is 1. The van der Waals surface area contributed by atoms with Crippen LogP contribution >= 0.6 is 15.9 Å². The summed E-state index contributed by atoms with van der Waals surface area (Å²) in [5.74, 6) is 1.60. The highest BCUT2D eigenvalue weighted by Crippen LogP contribution is 2.34. The third-order valence-corrected chi connectivity index (χ3v) is 4.09. The van der Waals surface area contributed by atoms with Crippen molar-refractivity contribution in [1.29, 1.82) is 0 Å². The molecule has 0 bridgehead atoms. The van der Waals surface area contributed by atoms with Crippen LogP contribution in [0.25, 0.3) is 0 Å². The fourth-order valence-corrected chi connectivity index (χ4v) is 2.84. The van der Waals surface area contributed by atoms with Crippen LogP contribution in [-0.4, -0.2) is 21.3 Å². The summed E-state index contributed by atoms with van der Waals surface area (Å²) < 4.78 is 11.9. The van der Waals surface area contributed by atoms with Gasteiger partial charge in [0, 0.05) is 16.1 Å². The zero-order valence-corrected chi connectivity index (χ0v) is 14.3. The fourth-order valence-electron chi connectivity index (χ4n) is 2.46. The zero-order chi connectivity index (χ0) is 15.4. The minimum absolute atomic E-state index is 0.0587. The molecule has 2 aromatic carbocycles. The molecule has 21 heavy (non-hydrogen) atoms. The molecule has 4 heteroatoms. The number of hydrogen-bond acceptors (Lipinski definition) is 3. The van der Waals surface area contributed by atoms with Crippen LogP contribution in [0, 0.1) is 6.92 Å². The van der Waals surface area contributed by atoms with E-state index in [0.29, 0.717) is 0 Å². The lowest BCUT2D eigenvalue weighted by Gasteiger charge is -2.22. The fraction of sp³-hybridized carbons (Fsp3) is 0.294. The molecule has 0 radical (unpaired) electrons. The minimum atomic E-state index is 0.0587. The largest absolute Gasteiger partial charge is 0.497 e. The second kappa shape index (κ2) is 6.96. The van der Waals surface area contributed by atoms with Gasteiger partial charge in [0.1, 0.15) is 11.5 Å². The Morgan fingerprint density at radius 2 is 1.76 bits per heavy atom. The molecule has 0 spiro atoms. The molecule has 0 aromatic heterocycles. The summed E-state index contributed by atoms with van der Waals surface area (Å²) in [6.45, 7) is 2.11. The third-order valence-electron chi connectivity index (χ3n) is 3.59. The lowest BCUT2D eigenvalue weighted by molar-refractivity contribution is 0.388. The molecule has 1 atom stereocenters. The van der Waals surface area contributed by atoms with E-state index in [1.54, 1.807) is 14.2 Å². The summed E-state index contributed by atoms with van der Waals surface area (Å²) >= 11 is 3.55. The first-order chi connectivity index (χ1) is 10.1. The Hall–Kier alpha value is -1.52. The van der Waals surface area contributed by atoms with Crippen molar-refractivity contribution >= 4 is 15.9 Å². The molecule has 0 aliphatic rings. The predicted molar refractivity (Wildman–Crippen MR) is 89.3 cm³/mol. The molecule has 0 aliphatic heterocycles. The quantitative estimate of drug-likeness (QED) is 0.881. The van der Waals surface area contributed by atoms with Crippen molar-refractivity contribution in [2.24, 2.45) is 0 Å². The first-order valence-electron chi connectivity index (χ1n) is 6.76. The van der Waals surface area contributed by atoms with Crippen molar-refractivity contribution < 1.29 is 9.47 Å². The van der Waals surface area contributed by atoms with Crippen LogP contribution in [0.5, 0.6) is 11.5 Å². The van der Waals surface area contributed by atoms with Gasteiger partial charge < -0.3 is 14.8 Å². The molecule has 3 nitrogen and oxygen atoms in total. The van der Waals surface area contributed by atoms with Crippen molar-refractivity contribution in [3.63, 3.8) is 0 Å². The van der Waals surface area contributed by atoms with Crippen LogP contribution in [0.2, 0.25) is 0 Å². The van der Waals surface area contributed by atoms with Crippen LogP contribution in [0.1, 0.15) is 22.7 Å². The van der Waals surface area contributed by atoms with Gasteiger partial charge in [-0.25, -0.2) is 0 Å². The maximum absolute atomic E-state index is 5.53. The lowest BCUT2D eigenvalue weighted by atomic mass is 9.94. The molecule has 112 valence electrons. The monoisotopic (exact) mass is 349 g/mol. The standard InChI is InChI=1S/C17H20BrNO2/c1-11-5-6-12(18)9-15(11)17(19-2)14-8-7-13(20-3)10-16(14)21-4/h5-10,17,19H,1-4H3. The van der Waals surface area contributed by atoms with Gasteiger partial charge in [0.05, 0.1) is 20.3 Å². The van der Waals surface area contributed by atoms with E-state index in [-0.39, 0.29) is 6.04 Å². The molecule has 1 N–H and O–H groups in total. The van der Waals surface area contributed by atoms with E-state index < -0.39 is 0 Å². The summed E-state index contributed by atoms with van der Waals surface area (Å²) in [6.07, 6.45) is 0. The molecule has 0 saturated carbocycles. The number of methoxy groups -OCH3 is 2. The summed E-state index contributed by atoms with van der Waals surface area (Å²) in [6, 6.07) is 12.3. The number of benzene rings is 2. The number of rotatable bonds is 5. The molecule has 2 rings (SSSR count). The number of aryl methyl sites for hydroxylation is 1. The van der Waals surface area contributed by atoms with Crippen molar-refractivity contribution in [2.75, 3.05) is 21.3 Å². The highest BCUT2D eigenvalue weighted by molar-refractivity contribution is 9.10. The SMILES string of the molecule is CNC(c1cc(Br)ccc1C)c1ccc(OC)cc1OC. The van der Waals surface area contributed by atoms with E-state index in [9.17, 15) is 0 Å². The van der Waals surface area contributed by atoms with Crippen molar-refractivity contribution in [1.82, 2.24) is 5.32 Å². The van der Waals surface area contributed by atoms with Crippen LogP contribution < -0.4 is 14.8 Å². The molecule has 0 saturated heterocycles. The topological polar surface area (TPSA) is 30.5 Å². The van der Waals surface area contributed by atoms with Crippen LogP contribution in [0.3, 0.4) is 0 Å². The first kappa shape index (κ1) is 15.9. The second-order valence-corrected chi connectivity index (χ2v) is 5.75. The van der Waals surface area contributed by atoms with Gasteiger partial charge in [-0.3, -0.25) is 0 Å². The van der Waals surface area contributed by atoms with Crippen LogP contribution in [0.15, 0.2) is 40.9 Å². The molecule has 2 aromatic rings. The van der Waals surface area contributed by atoms with Crippen LogP contribution in [0.4, 0.5) is 0 Å². The number of nitrogens with one attached hydrogen (secondary N) is 1. The Morgan fingerprint density at radius 3 is 2.38 bits per heavy atom. The molecule has 1 unspecified atom stereocenters. The van der Waals surface area contributed by atoms with Gasteiger partial charge in [-0.2, -0.15) is 0 Å². The number of hydrogen-bond donors (Lipinski definition) is 1. The maximum atomic E-state index is 5.53. The Labute approximate surface area is 134 Å². The normalized spacial score (nSPS) is 12.0. The smallest absolute Gasteiger partial charge is 0.127 e. The van der Waals surface area contributed by atoms with Gasteiger partial charge >= 0.3 is 0 Å². The average molecular weight is 350 g/mol. The van der Waals surface area contributed by atoms with E-state index in [4.69, 9.17) is 9.47 Å². The highest BCUT2D eigenvalue weighted by atomic mass is 79.9. The molecule has 0 fully saturated rings.